The van der Waals surface area contributed by atoms with Crippen molar-refractivity contribution in [3.63, 3.8) is 0 Å². The number of thiazole rings is 1. The fourth-order valence-electron chi connectivity index (χ4n) is 3.25. The summed E-state index contributed by atoms with van der Waals surface area (Å²) < 4.78 is 43.6. The highest BCUT2D eigenvalue weighted by Crippen LogP contribution is 2.24. The number of halogens is 1. The maximum atomic E-state index is 13.1. The normalized spacial score (nSPS) is 12.9. The van der Waals surface area contributed by atoms with Crippen LogP contribution in [0.15, 0.2) is 82.5 Å². The third-order valence-corrected chi connectivity index (χ3v) is 7.32. The second kappa shape index (κ2) is 8.14. The topological polar surface area (TPSA) is 68.2 Å². The summed E-state index contributed by atoms with van der Waals surface area (Å²) >= 11 is 1.02. The zero-order valence-electron chi connectivity index (χ0n) is 16.1. The van der Waals surface area contributed by atoms with Gasteiger partial charge in [0.05, 0.1) is 21.7 Å². The molecule has 0 aliphatic rings. The predicted octanol–water partition coefficient (Wildman–Crippen LogP) is 4.29. The Labute approximate surface area is 177 Å². The van der Waals surface area contributed by atoms with Crippen molar-refractivity contribution in [2.75, 3.05) is 0 Å². The zero-order valence-corrected chi connectivity index (χ0v) is 17.7. The van der Waals surface area contributed by atoms with Crippen LogP contribution < -0.4 is 9.60 Å². The highest BCUT2D eigenvalue weighted by molar-refractivity contribution is 7.89. The summed E-state index contributed by atoms with van der Waals surface area (Å²) in [6.45, 7) is 2.11. The molecule has 0 saturated carbocycles. The first-order valence-corrected chi connectivity index (χ1v) is 11.6. The van der Waals surface area contributed by atoms with Crippen molar-refractivity contribution in [2.24, 2.45) is 0 Å². The summed E-state index contributed by atoms with van der Waals surface area (Å²) in [6, 6.07) is 19.4. The Morgan fingerprint density at radius 1 is 1.03 bits per heavy atom. The molecule has 8 heteroatoms. The van der Waals surface area contributed by atoms with E-state index >= 15 is 0 Å². The van der Waals surface area contributed by atoms with Crippen LogP contribution in [0.3, 0.4) is 0 Å². The quantitative estimate of drug-likeness (QED) is 0.484. The first-order valence-electron chi connectivity index (χ1n) is 9.28. The number of rotatable bonds is 6. The monoisotopic (exact) mass is 442 g/mol. The minimum atomic E-state index is -3.82. The molecule has 1 unspecified atom stereocenters. The lowest BCUT2D eigenvalue weighted by Gasteiger charge is -2.15. The Hall–Kier alpha value is -2.81. The van der Waals surface area contributed by atoms with Crippen molar-refractivity contribution in [3.05, 3.63) is 99.4 Å². The number of nitrogens with one attached hydrogen (secondary N) is 1. The number of hydrogen-bond acceptors (Lipinski definition) is 4. The van der Waals surface area contributed by atoms with Gasteiger partial charge in [-0.1, -0.05) is 53.8 Å². The van der Waals surface area contributed by atoms with Gasteiger partial charge in [0.1, 0.15) is 5.82 Å². The van der Waals surface area contributed by atoms with Crippen LogP contribution in [0.5, 0.6) is 0 Å². The number of hydrogen-bond donors (Lipinski definition) is 1. The van der Waals surface area contributed by atoms with Gasteiger partial charge in [0, 0.05) is 6.04 Å². The summed E-state index contributed by atoms with van der Waals surface area (Å²) in [5, 5.41) is 0. The van der Waals surface area contributed by atoms with Gasteiger partial charge >= 0.3 is 4.87 Å². The van der Waals surface area contributed by atoms with E-state index in [2.05, 4.69) is 4.72 Å². The molecule has 0 fully saturated rings. The maximum absolute atomic E-state index is 13.1. The van der Waals surface area contributed by atoms with Crippen LogP contribution in [0.1, 0.15) is 24.1 Å². The minimum absolute atomic E-state index is 0.0806. The van der Waals surface area contributed by atoms with Gasteiger partial charge in [0.15, 0.2) is 0 Å². The molecule has 0 aliphatic carbocycles. The number of fused-ring (bicyclic) bond motifs is 1. The van der Waals surface area contributed by atoms with Crippen molar-refractivity contribution in [2.45, 2.75) is 24.4 Å². The number of benzene rings is 3. The molecule has 1 heterocycles. The van der Waals surface area contributed by atoms with Gasteiger partial charge in [-0.15, -0.1) is 0 Å². The third-order valence-electron chi connectivity index (χ3n) is 4.84. The smallest absolute Gasteiger partial charge is 0.294 e. The van der Waals surface area contributed by atoms with E-state index in [1.165, 1.54) is 24.3 Å². The van der Waals surface area contributed by atoms with E-state index in [1.54, 1.807) is 29.7 Å². The summed E-state index contributed by atoms with van der Waals surface area (Å²) in [4.78, 5) is 12.4. The summed E-state index contributed by atoms with van der Waals surface area (Å²) in [6.07, 6.45) is 0. The maximum Gasteiger partial charge on any atom is 0.308 e. The molecule has 0 aliphatic heterocycles. The number of aromatic nitrogens is 1. The molecular weight excluding hydrogens is 423 g/mol. The third kappa shape index (κ3) is 4.21. The summed E-state index contributed by atoms with van der Waals surface area (Å²) in [5.74, 6) is -0.380. The molecule has 0 radical (unpaired) electrons. The average Bonchev–Trinajstić information content (AvgIpc) is 3.03. The van der Waals surface area contributed by atoms with Crippen LogP contribution in [0, 0.1) is 5.82 Å². The molecule has 154 valence electrons. The van der Waals surface area contributed by atoms with Crippen molar-refractivity contribution < 1.29 is 12.8 Å². The van der Waals surface area contributed by atoms with Crippen molar-refractivity contribution >= 4 is 31.6 Å². The van der Waals surface area contributed by atoms with Gasteiger partial charge in [-0.3, -0.25) is 9.36 Å². The van der Waals surface area contributed by atoms with Crippen molar-refractivity contribution in [3.8, 4) is 0 Å². The van der Waals surface area contributed by atoms with E-state index in [9.17, 15) is 17.6 Å². The average molecular weight is 443 g/mol. The van der Waals surface area contributed by atoms with Crippen LogP contribution in [0.2, 0.25) is 0 Å². The first-order chi connectivity index (χ1) is 14.3. The molecule has 1 aromatic heterocycles. The van der Waals surface area contributed by atoms with E-state index < -0.39 is 16.1 Å². The summed E-state index contributed by atoms with van der Waals surface area (Å²) in [5.41, 5.74) is 2.34. The van der Waals surface area contributed by atoms with Gasteiger partial charge in [0.25, 0.3) is 0 Å². The Bertz CT molecular complexity index is 1340. The minimum Gasteiger partial charge on any atom is -0.294 e. The van der Waals surface area contributed by atoms with Gasteiger partial charge < -0.3 is 0 Å². The standard InChI is InChI=1S/C22H19FN2O3S2/c1-15(17-7-9-18(23)10-8-17)24-30(27,28)19-11-12-20-21(13-19)29-22(26)25(20)14-16-5-3-2-4-6-16/h2-13,15,24H,14H2,1H3. The Morgan fingerprint density at radius 3 is 2.43 bits per heavy atom. The molecule has 1 N–H and O–H groups in total. The van der Waals surface area contributed by atoms with Crippen molar-refractivity contribution in [1.29, 1.82) is 0 Å². The molecule has 0 saturated heterocycles. The van der Waals surface area contributed by atoms with E-state index in [0.29, 0.717) is 22.3 Å². The molecule has 30 heavy (non-hydrogen) atoms. The predicted molar refractivity (Wildman–Crippen MR) is 117 cm³/mol. The highest BCUT2D eigenvalue weighted by atomic mass is 32.2. The SMILES string of the molecule is CC(NS(=O)(=O)c1ccc2c(c1)sc(=O)n2Cc1ccccc1)c1ccc(F)cc1. The van der Waals surface area contributed by atoms with Gasteiger partial charge in [-0.25, -0.2) is 17.5 Å². The molecule has 5 nitrogen and oxygen atoms in total. The Morgan fingerprint density at radius 2 is 1.73 bits per heavy atom. The first kappa shape index (κ1) is 20.5. The fourth-order valence-corrected chi connectivity index (χ4v) is 5.51. The van der Waals surface area contributed by atoms with Gasteiger partial charge in [-0.05, 0) is 48.4 Å². The molecule has 0 bridgehead atoms. The van der Waals surface area contributed by atoms with Crippen LogP contribution in [-0.2, 0) is 16.6 Å². The van der Waals surface area contributed by atoms with E-state index in [0.717, 1.165) is 16.9 Å². The van der Waals surface area contributed by atoms with Gasteiger partial charge in [-0.2, -0.15) is 0 Å². The molecule has 3 aromatic carbocycles. The molecular formula is C22H19FN2O3S2. The second-order valence-corrected chi connectivity index (χ2v) is 9.67. The molecule has 4 aromatic rings. The summed E-state index contributed by atoms with van der Waals surface area (Å²) in [7, 11) is -3.82. The van der Waals surface area contributed by atoms with E-state index in [-0.39, 0.29) is 15.6 Å². The highest BCUT2D eigenvalue weighted by Gasteiger charge is 2.20. The lowest BCUT2D eigenvalue weighted by atomic mass is 10.1. The van der Waals surface area contributed by atoms with E-state index in [4.69, 9.17) is 0 Å². The largest absolute Gasteiger partial charge is 0.308 e. The number of nitrogens with zero attached hydrogens (tertiary/aromatic N) is 1. The van der Waals surface area contributed by atoms with Crippen molar-refractivity contribution in [1.82, 2.24) is 9.29 Å². The molecule has 0 spiro atoms. The zero-order chi connectivity index (χ0) is 21.3. The molecule has 4 rings (SSSR count). The molecule has 1 atom stereocenters. The van der Waals surface area contributed by atoms with Crippen LogP contribution in [-0.4, -0.2) is 13.0 Å². The lowest BCUT2D eigenvalue weighted by molar-refractivity contribution is 0.566. The Kier molecular flexibility index (Phi) is 5.55. The second-order valence-electron chi connectivity index (χ2n) is 6.96. The number of sulfonamides is 1. The lowest BCUT2D eigenvalue weighted by Crippen LogP contribution is -2.26. The van der Waals surface area contributed by atoms with Crippen LogP contribution in [0.25, 0.3) is 10.2 Å². The fraction of sp³-hybridized carbons (Fsp3) is 0.136. The van der Waals surface area contributed by atoms with E-state index in [1.807, 2.05) is 30.3 Å². The van der Waals surface area contributed by atoms with Crippen LogP contribution in [0.4, 0.5) is 4.39 Å². The molecule has 0 amide bonds. The van der Waals surface area contributed by atoms with Crippen LogP contribution >= 0.6 is 11.3 Å². The Balaban J connectivity index is 1.63. The van der Waals surface area contributed by atoms with Gasteiger partial charge in [0.2, 0.25) is 10.0 Å².